The average Bonchev–Trinajstić information content (AvgIpc) is 2.82. The van der Waals surface area contributed by atoms with E-state index >= 15 is 0 Å². The minimum Gasteiger partial charge on any atom is -0.453 e. The third-order valence-electron chi connectivity index (χ3n) is 5.00. The zero-order valence-corrected chi connectivity index (χ0v) is 17.1. The molecule has 0 fully saturated rings. The molecule has 0 aliphatic heterocycles. The molecule has 2 atom stereocenters. The molecular formula is C27H25NO3. The number of aliphatic hydroxyl groups excluding tert-OH is 1. The fraction of sp³-hybridized carbons (Fsp3) is 0.111. The molecule has 156 valence electrons. The molecule has 31 heavy (non-hydrogen) atoms. The Morgan fingerprint density at radius 2 is 1.16 bits per heavy atom. The van der Waals surface area contributed by atoms with Crippen LogP contribution in [-0.4, -0.2) is 11.2 Å². The molecule has 0 unspecified atom stereocenters. The number of aliphatic hydroxyl groups is 1. The van der Waals surface area contributed by atoms with Crippen LogP contribution in [0, 0.1) is 0 Å². The van der Waals surface area contributed by atoms with Crippen molar-refractivity contribution in [2.24, 2.45) is 5.73 Å². The number of nitrogens with two attached hydrogens (primary N) is 1. The normalized spacial score (nSPS) is 12.7. The van der Waals surface area contributed by atoms with Crippen LogP contribution in [0.4, 0.5) is 0 Å². The standard InChI is InChI=1S/C27H25NO3/c28-27(24(29)18-20-10-4-1-5-11-20)21-16-17-25(30-22-12-6-2-7-13-22)26(19-21)31-23-14-8-3-9-15-23/h1-17,19,24,27,29H,18,28H2/t24-,27+/m0/s1. The maximum atomic E-state index is 10.7. The topological polar surface area (TPSA) is 64.7 Å². The summed E-state index contributed by atoms with van der Waals surface area (Å²) in [7, 11) is 0. The zero-order chi connectivity index (χ0) is 21.5. The first kappa shape index (κ1) is 20.7. The number of hydrogen-bond acceptors (Lipinski definition) is 4. The summed E-state index contributed by atoms with van der Waals surface area (Å²) in [5, 5.41) is 10.7. The lowest BCUT2D eigenvalue weighted by molar-refractivity contribution is 0.145. The highest BCUT2D eigenvalue weighted by molar-refractivity contribution is 5.48. The molecule has 0 bridgehead atoms. The lowest BCUT2D eigenvalue weighted by Gasteiger charge is -2.21. The van der Waals surface area contributed by atoms with Crippen LogP contribution in [0.15, 0.2) is 109 Å². The smallest absolute Gasteiger partial charge is 0.170 e. The number of hydrogen-bond donors (Lipinski definition) is 2. The largest absolute Gasteiger partial charge is 0.453 e. The maximum absolute atomic E-state index is 10.7. The second kappa shape index (κ2) is 9.94. The van der Waals surface area contributed by atoms with Crippen molar-refractivity contribution in [2.45, 2.75) is 18.6 Å². The Kier molecular flexibility index (Phi) is 6.62. The van der Waals surface area contributed by atoms with Crippen molar-refractivity contribution in [3.05, 3.63) is 120 Å². The number of benzene rings is 4. The van der Waals surface area contributed by atoms with E-state index in [4.69, 9.17) is 15.2 Å². The quantitative estimate of drug-likeness (QED) is 0.380. The molecule has 4 aromatic carbocycles. The Hall–Kier alpha value is -3.60. The van der Waals surface area contributed by atoms with Crippen LogP contribution >= 0.6 is 0 Å². The van der Waals surface area contributed by atoms with Gasteiger partial charge in [0.15, 0.2) is 11.5 Å². The van der Waals surface area contributed by atoms with Gasteiger partial charge in [-0.15, -0.1) is 0 Å². The number of ether oxygens (including phenoxy) is 2. The van der Waals surface area contributed by atoms with Gasteiger partial charge in [-0.25, -0.2) is 0 Å². The van der Waals surface area contributed by atoms with Gasteiger partial charge in [0.05, 0.1) is 12.1 Å². The van der Waals surface area contributed by atoms with Gasteiger partial charge in [0, 0.05) is 6.42 Å². The molecule has 0 spiro atoms. The summed E-state index contributed by atoms with van der Waals surface area (Å²) in [6, 6.07) is 33.8. The van der Waals surface area contributed by atoms with Crippen LogP contribution in [0.25, 0.3) is 0 Å². The van der Waals surface area contributed by atoms with E-state index in [2.05, 4.69) is 0 Å². The Morgan fingerprint density at radius 3 is 1.74 bits per heavy atom. The molecular weight excluding hydrogens is 386 g/mol. The van der Waals surface area contributed by atoms with Crippen molar-refractivity contribution < 1.29 is 14.6 Å². The second-order valence-corrected chi connectivity index (χ2v) is 7.32. The molecule has 4 rings (SSSR count). The van der Waals surface area contributed by atoms with Gasteiger partial charge >= 0.3 is 0 Å². The van der Waals surface area contributed by atoms with Crippen molar-refractivity contribution in [2.75, 3.05) is 0 Å². The van der Waals surface area contributed by atoms with Gasteiger partial charge in [0.1, 0.15) is 11.5 Å². The highest BCUT2D eigenvalue weighted by Crippen LogP contribution is 2.37. The monoisotopic (exact) mass is 411 g/mol. The molecule has 3 N–H and O–H groups in total. The Balaban J connectivity index is 1.60. The minimum atomic E-state index is -0.729. The van der Waals surface area contributed by atoms with Gasteiger partial charge in [-0.3, -0.25) is 0 Å². The third-order valence-corrected chi connectivity index (χ3v) is 5.00. The van der Waals surface area contributed by atoms with Crippen molar-refractivity contribution in [1.29, 1.82) is 0 Å². The van der Waals surface area contributed by atoms with E-state index in [0.717, 1.165) is 11.1 Å². The number of rotatable bonds is 8. The molecule has 0 saturated heterocycles. The predicted molar refractivity (Wildman–Crippen MR) is 123 cm³/mol. The Labute approximate surface area is 182 Å². The van der Waals surface area contributed by atoms with E-state index in [1.54, 1.807) is 0 Å². The van der Waals surface area contributed by atoms with Crippen LogP contribution in [0.1, 0.15) is 17.2 Å². The van der Waals surface area contributed by atoms with Crippen LogP contribution in [0.5, 0.6) is 23.0 Å². The molecule has 4 aromatic rings. The van der Waals surface area contributed by atoms with E-state index in [0.29, 0.717) is 29.4 Å². The lowest BCUT2D eigenvalue weighted by atomic mass is 9.96. The van der Waals surface area contributed by atoms with Gasteiger partial charge in [0.25, 0.3) is 0 Å². The summed E-state index contributed by atoms with van der Waals surface area (Å²) in [5.41, 5.74) is 8.22. The van der Waals surface area contributed by atoms with E-state index < -0.39 is 12.1 Å². The molecule has 0 radical (unpaired) electrons. The first-order valence-corrected chi connectivity index (χ1v) is 10.3. The SMILES string of the molecule is N[C@H](c1ccc(Oc2ccccc2)c(Oc2ccccc2)c1)[C@@H](O)Cc1ccccc1. The molecule has 4 nitrogen and oxygen atoms in total. The van der Waals surface area contributed by atoms with Crippen molar-refractivity contribution in [3.8, 4) is 23.0 Å². The molecule has 0 aliphatic rings. The molecule has 0 aliphatic carbocycles. The minimum absolute atomic E-state index is 0.471. The summed E-state index contributed by atoms with van der Waals surface area (Å²) in [4.78, 5) is 0. The van der Waals surface area contributed by atoms with Gasteiger partial charge in [0.2, 0.25) is 0 Å². The van der Waals surface area contributed by atoms with Gasteiger partial charge in [-0.05, 0) is 47.5 Å². The fourth-order valence-electron chi connectivity index (χ4n) is 3.33. The summed E-state index contributed by atoms with van der Waals surface area (Å²) in [6.07, 6.45) is -0.257. The molecule has 0 heterocycles. The summed E-state index contributed by atoms with van der Waals surface area (Å²) in [6.45, 7) is 0. The highest BCUT2D eigenvalue weighted by Gasteiger charge is 2.20. The van der Waals surface area contributed by atoms with Gasteiger partial charge in [-0.2, -0.15) is 0 Å². The second-order valence-electron chi connectivity index (χ2n) is 7.32. The van der Waals surface area contributed by atoms with Crippen molar-refractivity contribution in [1.82, 2.24) is 0 Å². The summed E-state index contributed by atoms with van der Waals surface area (Å²) >= 11 is 0. The Morgan fingerprint density at radius 1 is 0.645 bits per heavy atom. The predicted octanol–water partition coefficient (Wildman–Crippen LogP) is 5.87. The van der Waals surface area contributed by atoms with E-state index in [9.17, 15) is 5.11 Å². The molecule has 0 amide bonds. The van der Waals surface area contributed by atoms with Crippen molar-refractivity contribution in [3.63, 3.8) is 0 Å². The van der Waals surface area contributed by atoms with Crippen molar-refractivity contribution >= 4 is 0 Å². The van der Waals surface area contributed by atoms with Crippen LogP contribution < -0.4 is 15.2 Å². The van der Waals surface area contributed by atoms with Gasteiger partial charge in [-0.1, -0.05) is 72.8 Å². The fourth-order valence-corrected chi connectivity index (χ4v) is 3.33. The summed E-state index contributed by atoms with van der Waals surface area (Å²) in [5.74, 6) is 2.51. The highest BCUT2D eigenvalue weighted by atomic mass is 16.5. The van der Waals surface area contributed by atoms with Crippen LogP contribution in [0.3, 0.4) is 0 Å². The third kappa shape index (κ3) is 5.51. The molecule has 4 heteroatoms. The first-order valence-electron chi connectivity index (χ1n) is 10.3. The van der Waals surface area contributed by atoms with E-state index in [1.165, 1.54) is 0 Å². The van der Waals surface area contributed by atoms with Crippen LogP contribution in [0.2, 0.25) is 0 Å². The Bertz CT molecular complexity index is 1090. The van der Waals surface area contributed by atoms with E-state index in [-0.39, 0.29) is 0 Å². The van der Waals surface area contributed by atoms with E-state index in [1.807, 2.05) is 109 Å². The lowest BCUT2D eigenvalue weighted by Crippen LogP contribution is -2.28. The maximum Gasteiger partial charge on any atom is 0.170 e. The van der Waals surface area contributed by atoms with Gasteiger partial charge < -0.3 is 20.3 Å². The summed E-state index contributed by atoms with van der Waals surface area (Å²) < 4.78 is 12.2. The average molecular weight is 412 g/mol. The molecule has 0 saturated carbocycles. The number of para-hydroxylation sites is 2. The molecule has 0 aromatic heterocycles. The van der Waals surface area contributed by atoms with Crippen LogP contribution in [-0.2, 0) is 6.42 Å². The first-order chi connectivity index (χ1) is 15.2. The zero-order valence-electron chi connectivity index (χ0n) is 17.1.